The number of nitrogens with zero attached hydrogens (tertiary/aromatic N) is 2. The van der Waals surface area contributed by atoms with Crippen LogP contribution in [0.25, 0.3) is 0 Å². The molecule has 0 aliphatic carbocycles. The zero-order valence-electron chi connectivity index (χ0n) is 11.6. The minimum Gasteiger partial charge on any atom is -0.633 e. The van der Waals surface area contributed by atoms with E-state index in [0.29, 0.717) is 29.8 Å². The molecule has 0 N–H and O–H groups in total. The molecule has 0 radical (unpaired) electrons. The molecule has 106 valence electrons. The summed E-state index contributed by atoms with van der Waals surface area (Å²) in [6.45, 7) is 2.55. The van der Waals surface area contributed by atoms with Crippen LogP contribution >= 0.6 is 0 Å². The number of hydrogen-bond donors (Lipinski definition) is 0. The highest BCUT2D eigenvalue weighted by atomic mass is 16.5. The van der Waals surface area contributed by atoms with Crippen LogP contribution in [0.15, 0.2) is 0 Å². The third-order valence-corrected chi connectivity index (χ3v) is 6.19. The van der Waals surface area contributed by atoms with Crippen LogP contribution in [0.1, 0.15) is 44.9 Å². The summed E-state index contributed by atoms with van der Waals surface area (Å²) >= 11 is 0. The summed E-state index contributed by atoms with van der Waals surface area (Å²) < 4.78 is 0.0772. The SMILES string of the molecule is O=C1CCCC2[C@H]3CCC[N+]4([O-])CCC[C@@H](CN12)[C@@H]34. The Morgan fingerprint density at radius 2 is 1.89 bits per heavy atom. The molecular weight excluding hydrogens is 240 g/mol. The number of rotatable bonds is 0. The quantitative estimate of drug-likeness (QED) is 0.495. The molecule has 0 aromatic rings. The van der Waals surface area contributed by atoms with Gasteiger partial charge in [-0.2, -0.15) is 0 Å². The second kappa shape index (κ2) is 4.19. The van der Waals surface area contributed by atoms with Crippen molar-refractivity contribution in [2.45, 2.75) is 57.0 Å². The summed E-state index contributed by atoms with van der Waals surface area (Å²) in [5.74, 6) is 1.33. The van der Waals surface area contributed by atoms with Crippen molar-refractivity contribution in [3.05, 3.63) is 5.21 Å². The predicted molar refractivity (Wildman–Crippen MR) is 71.9 cm³/mol. The fourth-order valence-electron chi connectivity index (χ4n) is 5.55. The lowest BCUT2D eigenvalue weighted by atomic mass is 9.67. The van der Waals surface area contributed by atoms with Crippen molar-refractivity contribution in [2.75, 3.05) is 19.6 Å². The number of piperidine rings is 4. The van der Waals surface area contributed by atoms with Crippen LogP contribution in [-0.4, -0.2) is 47.2 Å². The lowest BCUT2D eigenvalue weighted by molar-refractivity contribution is -0.925. The fourth-order valence-corrected chi connectivity index (χ4v) is 5.55. The highest BCUT2D eigenvalue weighted by Crippen LogP contribution is 2.47. The molecule has 4 nitrogen and oxygen atoms in total. The number of carbonyl (C=O) groups is 1. The summed E-state index contributed by atoms with van der Waals surface area (Å²) in [5, 5.41) is 13.1. The molecule has 4 fully saturated rings. The molecule has 2 unspecified atom stereocenters. The molecule has 1 amide bonds. The van der Waals surface area contributed by atoms with Crippen LogP contribution < -0.4 is 0 Å². The zero-order chi connectivity index (χ0) is 13.0. The Morgan fingerprint density at radius 1 is 1.11 bits per heavy atom. The van der Waals surface area contributed by atoms with Crippen molar-refractivity contribution in [3.63, 3.8) is 0 Å². The highest BCUT2D eigenvalue weighted by Gasteiger charge is 2.55. The smallest absolute Gasteiger partial charge is 0.222 e. The number of hydrogen-bond acceptors (Lipinski definition) is 2. The molecule has 0 aromatic heterocycles. The molecule has 0 bridgehead atoms. The second-order valence-electron chi connectivity index (χ2n) is 7.10. The van der Waals surface area contributed by atoms with Crippen molar-refractivity contribution in [1.29, 1.82) is 0 Å². The van der Waals surface area contributed by atoms with Crippen molar-refractivity contribution >= 4 is 5.91 Å². The number of fused-ring (bicyclic) bond motifs is 2. The van der Waals surface area contributed by atoms with Gasteiger partial charge in [0.25, 0.3) is 0 Å². The maximum Gasteiger partial charge on any atom is 0.222 e. The van der Waals surface area contributed by atoms with Crippen LogP contribution in [0, 0.1) is 17.0 Å². The standard InChI is InChI=1S/C15H24N2O2/c18-14-7-1-6-13-12-5-3-9-17(19)8-2-4-11(15(12)17)10-16(13)14/h11-13,15H,1-10H2/t11-,12+,13?,15-,17?/m0/s1. The molecule has 4 saturated heterocycles. The fraction of sp³-hybridized carbons (Fsp3) is 0.933. The average Bonchev–Trinajstić information content (AvgIpc) is 2.40. The Labute approximate surface area is 114 Å². The van der Waals surface area contributed by atoms with E-state index in [1.165, 1.54) is 12.8 Å². The van der Waals surface area contributed by atoms with Crippen molar-refractivity contribution in [1.82, 2.24) is 4.90 Å². The molecule has 4 heteroatoms. The Balaban J connectivity index is 1.69. The number of hydroxylamine groups is 3. The van der Waals surface area contributed by atoms with Gasteiger partial charge < -0.3 is 14.8 Å². The summed E-state index contributed by atoms with van der Waals surface area (Å²) in [4.78, 5) is 14.3. The molecular formula is C15H24N2O2. The van der Waals surface area contributed by atoms with Gasteiger partial charge in [0.15, 0.2) is 0 Å². The first-order valence-electron chi connectivity index (χ1n) is 8.06. The van der Waals surface area contributed by atoms with Gasteiger partial charge in [0.1, 0.15) is 0 Å². The third-order valence-electron chi connectivity index (χ3n) is 6.19. The Morgan fingerprint density at radius 3 is 2.74 bits per heavy atom. The van der Waals surface area contributed by atoms with Gasteiger partial charge >= 0.3 is 0 Å². The molecule has 4 heterocycles. The van der Waals surface area contributed by atoms with Crippen LogP contribution in [0.4, 0.5) is 0 Å². The Bertz CT molecular complexity index is 396. The molecule has 4 aliphatic rings. The van der Waals surface area contributed by atoms with Gasteiger partial charge in [0.2, 0.25) is 5.91 Å². The van der Waals surface area contributed by atoms with E-state index in [9.17, 15) is 10.0 Å². The number of amides is 1. The van der Waals surface area contributed by atoms with Gasteiger partial charge in [-0.3, -0.25) is 4.79 Å². The molecule has 4 rings (SSSR count). The summed E-state index contributed by atoms with van der Waals surface area (Å²) in [5.41, 5.74) is 0. The molecule has 0 saturated carbocycles. The van der Waals surface area contributed by atoms with Gasteiger partial charge in [0, 0.05) is 30.8 Å². The zero-order valence-corrected chi connectivity index (χ0v) is 11.6. The maximum atomic E-state index is 13.1. The van der Waals surface area contributed by atoms with E-state index in [-0.39, 0.29) is 4.65 Å². The Hall–Kier alpha value is -0.610. The molecule has 0 aromatic carbocycles. The minimum absolute atomic E-state index is 0.0772. The van der Waals surface area contributed by atoms with Crippen LogP contribution in [-0.2, 0) is 4.79 Å². The number of quaternary nitrogens is 1. The molecule has 0 spiro atoms. The third kappa shape index (κ3) is 1.69. The first-order chi connectivity index (χ1) is 9.19. The van der Waals surface area contributed by atoms with Gasteiger partial charge in [-0.05, 0) is 38.5 Å². The largest absolute Gasteiger partial charge is 0.633 e. The van der Waals surface area contributed by atoms with E-state index in [4.69, 9.17) is 0 Å². The second-order valence-corrected chi connectivity index (χ2v) is 7.10. The normalized spacial score (nSPS) is 49.5. The van der Waals surface area contributed by atoms with E-state index in [1.54, 1.807) is 0 Å². The minimum atomic E-state index is 0.0772. The molecule has 19 heavy (non-hydrogen) atoms. The first-order valence-corrected chi connectivity index (χ1v) is 8.06. The average molecular weight is 264 g/mol. The van der Waals surface area contributed by atoms with E-state index in [0.717, 1.165) is 51.7 Å². The van der Waals surface area contributed by atoms with Gasteiger partial charge in [-0.15, -0.1) is 0 Å². The van der Waals surface area contributed by atoms with E-state index in [2.05, 4.69) is 4.90 Å². The number of carbonyl (C=O) groups excluding carboxylic acids is 1. The lowest BCUT2D eigenvalue weighted by Crippen LogP contribution is -2.71. The van der Waals surface area contributed by atoms with E-state index < -0.39 is 0 Å². The van der Waals surface area contributed by atoms with Crippen LogP contribution in [0.5, 0.6) is 0 Å². The van der Waals surface area contributed by atoms with Crippen molar-refractivity contribution in [2.24, 2.45) is 11.8 Å². The Kier molecular flexibility index (Phi) is 2.68. The van der Waals surface area contributed by atoms with Crippen molar-refractivity contribution in [3.8, 4) is 0 Å². The topological polar surface area (TPSA) is 43.4 Å². The summed E-state index contributed by atoms with van der Waals surface area (Å²) in [6.07, 6.45) is 7.38. The lowest BCUT2D eigenvalue weighted by Gasteiger charge is -2.64. The first kappa shape index (κ1) is 12.2. The molecule has 4 aliphatic heterocycles. The highest BCUT2D eigenvalue weighted by molar-refractivity contribution is 5.77. The van der Waals surface area contributed by atoms with E-state index >= 15 is 0 Å². The van der Waals surface area contributed by atoms with Crippen LogP contribution in [0.3, 0.4) is 0 Å². The predicted octanol–water partition coefficient (Wildman–Crippen LogP) is 1.88. The summed E-state index contributed by atoms with van der Waals surface area (Å²) in [7, 11) is 0. The summed E-state index contributed by atoms with van der Waals surface area (Å²) in [6, 6.07) is 0.710. The monoisotopic (exact) mass is 264 g/mol. The molecule has 5 atom stereocenters. The van der Waals surface area contributed by atoms with Crippen molar-refractivity contribution < 1.29 is 9.44 Å². The van der Waals surface area contributed by atoms with Gasteiger partial charge in [-0.25, -0.2) is 0 Å². The maximum absolute atomic E-state index is 13.1. The van der Waals surface area contributed by atoms with E-state index in [1.807, 2.05) is 0 Å². The van der Waals surface area contributed by atoms with Crippen LogP contribution in [0.2, 0.25) is 0 Å². The van der Waals surface area contributed by atoms with Gasteiger partial charge in [-0.1, -0.05) is 0 Å². The van der Waals surface area contributed by atoms with Gasteiger partial charge in [0.05, 0.1) is 19.1 Å².